The molecule has 0 saturated carbocycles. The van der Waals surface area contributed by atoms with E-state index in [1.54, 1.807) is 6.07 Å². The summed E-state index contributed by atoms with van der Waals surface area (Å²) < 4.78 is 11.6. The van der Waals surface area contributed by atoms with Crippen LogP contribution in [0, 0.1) is 0 Å². The minimum Gasteiger partial charge on any atom is -0.463 e. The molecule has 2 N–H and O–H groups in total. The van der Waals surface area contributed by atoms with E-state index in [9.17, 15) is 4.79 Å². The second-order valence-corrected chi connectivity index (χ2v) is 5.30. The number of carbonyl (C=O) groups is 1. The number of hydrogen-bond donors (Lipinski definition) is 1. The number of nitrogens with zero attached hydrogens (tertiary/aromatic N) is 3. The van der Waals surface area contributed by atoms with Crippen LogP contribution in [0.15, 0.2) is 21.9 Å². The lowest BCUT2D eigenvalue weighted by atomic mass is 10.3. The van der Waals surface area contributed by atoms with Crippen molar-refractivity contribution >= 4 is 23.7 Å². The molecule has 0 aliphatic heterocycles. The molecule has 0 amide bonds. The van der Waals surface area contributed by atoms with Gasteiger partial charge in [-0.2, -0.15) is 0 Å². The van der Waals surface area contributed by atoms with Gasteiger partial charge in [0.1, 0.15) is 0 Å². The Kier molecular flexibility index (Phi) is 4.33. The third-order valence-electron chi connectivity index (χ3n) is 2.68. The second kappa shape index (κ2) is 6.00. The van der Waals surface area contributed by atoms with Crippen molar-refractivity contribution in [2.45, 2.75) is 30.8 Å². The maximum atomic E-state index is 11.5. The van der Waals surface area contributed by atoms with Crippen LogP contribution in [0.3, 0.4) is 0 Å². The minimum atomic E-state index is -0.490. The SMILES string of the molecule is COC(=O)c1occc1CSc1nnc(N)n1C(C)C. The number of anilines is 1. The first-order valence-corrected chi connectivity index (χ1v) is 7.01. The molecule has 7 nitrogen and oxygen atoms in total. The fraction of sp³-hybridized carbons (Fsp3) is 0.417. The highest BCUT2D eigenvalue weighted by molar-refractivity contribution is 7.98. The van der Waals surface area contributed by atoms with Gasteiger partial charge in [0.15, 0.2) is 5.16 Å². The predicted molar refractivity (Wildman–Crippen MR) is 74.4 cm³/mol. The molecule has 0 aliphatic rings. The van der Waals surface area contributed by atoms with Crippen LogP contribution in [-0.4, -0.2) is 27.8 Å². The molecule has 0 radical (unpaired) electrons. The van der Waals surface area contributed by atoms with Crippen molar-refractivity contribution in [1.29, 1.82) is 0 Å². The van der Waals surface area contributed by atoms with Gasteiger partial charge in [-0.3, -0.25) is 4.57 Å². The van der Waals surface area contributed by atoms with Crippen LogP contribution in [0.1, 0.15) is 36.0 Å². The smallest absolute Gasteiger partial charge is 0.374 e. The molecule has 2 rings (SSSR count). The first-order valence-electron chi connectivity index (χ1n) is 6.02. The number of furan rings is 1. The van der Waals surface area contributed by atoms with E-state index in [0.29, 0.717) is 16.9 Å². The highest BCUT2D eigenvalue weighted by Crippen LogP contribution is 2.27. The zero-order valence-electron chi connectivity index (χ0n) is 11.5. The highest BCUT2D eigenvalue weighted by atomic mass is 32.2. The summed E-state index contributed by atoms with van der Waals surface area (Å²) >= 11 is 1.44. The van der Waals surface area contributed by atoms with Crippen molar-refractivity contribution in [1.82, 2.24) is 14.8 Å². The molecule has 0 spiro atoms. The van der Waals surface area contributed by atoms with Crippen LogP contribution in [0.4, 0.5) is 5.95 Å². The van der Waals surface area contributed by atoms with E-state index < -0.39 is 5.97 Å². The van der Waals surface area contributed by atoms with Gasteiger partial charge in [-0.15, -0.1) is 10.2 Å². The van der Waals surface area contributed by atoms with Crippen molar-refractivity contribution in [3.8, 4) is 0 Å². The predicted octanol–water partition coefficient (Wildman–Crippen LogP) is 2.11. The molecule has 2 heterocycles. The van der Waals surface area contributed by atoms with Gasteiger partial charge in [-0.05, 0) is 19.9 Å². The fourth-order valence-corrected chi connectivity index (χ4v) is 2.79. The van der Waals surface area contributed by atoms with E-state index in [1.165, 1.54) is 25.1 Å². The molecule has 0 aromatic carbocycles. The molecule has 0 bridgehead atoms. The van der Waals surface area contributed by atoms with Gasteiger partial charge in [0.05, 0.1) is 13.4 Å². The standard InChI is InChI=1S/C12H16N4O3S/c1-7(2)16-11(13)14-15-12(16)20-6-8-4-5-19-9(8)10(17)18-3/h4-5,7H,6H2,1-3H3,(H2,13,14). The van der Waals surface area contributed by atoms with Gasteiger partial charge >= 0.3 is 5.97 Å². The monoisotopic (exact) mass is 296 g/mol. The number of nitrogens with two attached hydrogens (primary N) is 1. The molecule has 20 heavy (non-hydrogen) atoms. The summed E-state index contributed by atoms with van der Waals surface area (Å²) in [4.78, 5) is 11.5. The Hall–Kier alpha value is -1.96. The molecule has 2 aromatic rings. The van der Waals surface area contributed by atoms with Crippen molar-refractivity contribution in [2.24, 2.45) is 0 Å². The average molecular weight is 296 g/mol. The number of carbonyl (C=O) groups excluding carboxylic acids is 1. The van der Waals surface area contributed by atoms with Crippen LogP contribution < -0.4 is 5.73 Å². The van der Waals surface area contributed by atoms with Gasteiger partial charge in [-0.1, -0.05) is 11.8 Å². The quantitative estimate of drug-likeness (QED) is 0.666. The Morgan fingerprint density at radius 3 is 2.95 bits per heavy atom. The lowest BCUT2D eigenvalue weighted by Crippen LogP contribution is -2.07. The molecule has 8 heteroatoms. The van der Waals surface area contributed by atoms with Crippen LogP contribution in [-0.2, 0) is 10.5 Å². The summed E-state index contributed by atoms with van der Waals surface area (Å²) in [6, 6.07) is 1.90. The maximum absolute atomic E-state index is 11.5. The zero-order chi connectivity index (χ0) is 14.7. The number of esters is 1. The average Bonchev–Trinajstić information content (AvgIpc) is 3.01. The molecule has 108 valence electrons. The van der Waals surface area contributed by atoms with Gasteiger partial charge in [0.2, 0.25) is 11.7 Å². The number of rotatable bonds is 5. The van der Waals surface area contributed by atoms with Crippen molar-refractivity contribution < 1.29 is 13.9 Å². The lowest BCUT2D eigenvalue weighted by Gasteiger charge is -2.10. The first-order chi connectivity index (χ1) is 9.54. The third kappa shape index (κ3) is 2.79. The fourth-order valence-electron chi connectivity index (χ4n) is 1.74. The normalized spacial score (nSPS) is 11.0. The van der Waals surface area contributed by atoms with Gasteiger partial charge < -0.3 is 14.9 Å². The largest absolute Gasteiger partial charge is 0.463 e. The van der Waals surface area contributed by atoms with Gasteiger partial charge in [0, 0.05) is 17.4 Å². The molecule has 0 aliphatic carbocycles. The van der Waals surface area contributed by atoms with Crippen molar-refractivity contribution in [3.05, 3.63) is 23.7 Å². The summed E-state index contributed by atoms with van der Waals surface area (Å²) in [6.45, 7) is 4.00. The highest BCUT2D eigenvalue weighted by Gasteiger charge is 2.18. The molecule has 0 saturated heterocycles. The minimum absolute atomic E-state index is 0.164. The molecule has 2 aromatic heterocycles. The molecular weight excluding hydrogens is 280 g/mol. The van der Waals surface area contributed by atoms with E-state index in [1.807, 2.05) is 18.4 Å². The summed E-state index contributed by atoms with van der Waals surface area (Å²) in [5, 5.41) is 8.60. The van der Waals surface area contributed by atoms with Crippen LogP contribution in [0.2, 0.25) is 0 Å². The van der Waals surface area contributed by atoms with E-state index >= 15 is 0 Å². The number of thioether (sulfide) groups is 1. The second-order valence-electron chi connectivity index (χ2n) is 4.36. The number of aromatic nitrogens is 3. The first kappa shape index (κ1) is 14.4. The Morgan fingerprint density at radius 1 is 1.55 bits per heavy atom. The van der Waals surface area contributed by atoms with Crippen LogP contribution >= 0.6 is 11.8 Å². The molecule has 0 fully saturated rings. The Labute approximate surface area is 120 Å². The van der Waals surface area contributed by atoms with E-state index in [0.717, 1.165) is 5.56 Å². The number of nitrogen functional groups attached to an aromatic ring is 1. The molecule has 0 atom stereocenters. The summed E-state index contributed by atoms with van der Waals surface area (Å²) in [7, 11) is 1.32. The van der Waals surface area contributed by atoms with E-state index in [4.69, 9.17) is 10.2 Å². The lowest BCUT2D eigenvalue weighted by molar-refractivity contribution is 0.0564. The summed E-state index contributed by atoms with van der Waals surface area (Å²) in [6.07, 6.45) is 1.46. The van der Waals surface area contributed by atoms with E-state index in [-0.39, 0.29) is 11.8 Å². The summed E-state index contributed by atoms with van der Waals surface area (Å²) in [5.74, 6) is 0.619. The third-order valence-corrected chi connectivity index (χ3v) is 3.67. The Balaban J connectivity index is 2.14. The topological polar surface area (TPSA) is 96.2 Å². The Bertz CT molecular complexity index is 606. The number of ether oxygens (including phenoxy) is 1. The molecular formula is C12H16N4O3S. The number of hydrogen-bond acceptors (Lipinski definition) is 7. The van der Waals surface area contributed by atoms with Crippen molar-refractivity contribution in [2.75, 3.05) is 12.8 Å². The Morgan fingerprint density at radius 2 is 2.30 bits per heavy atom. The number of methoxy groups -OCH3 is 1. The van der Waals surface area contributed by atoms with Crippen LogP contribution in [0.5, 0.6) is 0 Å². The zero-order valence-corrected chi connectivity index (χ0v) is 12.3. The van der Waals surface area contributed by atoms with E-state index in [2.05, 4.69) is 14.9 Å². The van der Waals surface area contributed by atoms with Crippen LogP contribution in [0.25, 0.3) is 0 Å². The van der Waals surface area contributed by atoms with Crippen molar-refractivity contribution in [3.63, 3.8) is 0 Å². The molecule has 0 unspecified atom stereocenters. The summed E-state index contributed by atoms with van der Waals surface area (Å²) in [5.41, 5.74) is 6.52. The maximum Gasteiger partial charge on any atom is 0.374 e. The van der Waals surface area contributed by atoms with Gasteiger partial charge in [-0.25, -0.2) is 4.79 Å². The van der Waals surface area contributed by atoms with Gasteiger partial charge in [0.25, 0.3) is 0 Å².